The van der Waals surface area contributed by atoms with Gasteiger partial charge in [-0.1, -0.05) is 55.5 Å². The second kappa shape index (κ2) is 9.21. The fourth-order valence-electron chi connectivity index (χ4n) is 2.80. The number of benzene rings is 1. The van der Waals surface area contributed by atoms with Gasteiger partial charge in [-0.25, -0.2) is 0 Å². The summed E-state index contributed by atoms with van der Waals surface area (Å²) < 4.78 is 0. The zero-order chi connectivity index (χ0) is 22.7. The van der Waals surface area contributed by atoms with Gasteiger partial charge in [-0.3, -0.25) is 15.1 Å². The number of phenols is 1. The molecule has 0 bridgehead atoms. The zero-order valence-corrected chi connectivity index (χ0v) is 20.3. The van der Waals surface area contributed by atoms with Crippen molar-refractivity contribution in [3.63, 3.8) is 0 Å². The molecule has 0 aromatic heterocycles. The summed E-state index contributed by atoms with van der Waals surface area (Å²) in [6.45, 7) is 20.1. The van der Waals surface area contributed by atoms with Crippen LogP contribution in [0.3, 0.4) is 0 Å². The highest BCUT2D eigenvalue weighted by Crippen LogP contribution is 2.41. The first-order chi connectivity index (χ1) is 13.1. The van der Waals surface area contributed by atoms with E-state index >= 15 is 0 Å². The van der Waals surface area contributed by atoms with Gasteiger partial charge in [0, 0.05) is 41.4 Å². The Morgan fingerprint density at radius 1 is 1.10 bits per heavy atom. The van der Waals surface area contributed by atoms with Gasteiger partial charge in [0.05, 0.1) is 4.92 Å². The first-order valence-corrected chi connectivity index (χ1v) is 11.9. The first-order valence-electron chi connectivity index (χ1n) is 9.68. The van der Waals surface area contributed by atoms with Gasteiger partial charge in [-0.05, 0) is 42.7 Å². The Bertz CT molecular complexity index is 867. The van der Waals surface area contributed by atoms with E-state index in [1.54, 1.807) is 12.3 Å². The molecule has 5 nitrogen and oxygen atoms in total. The van der Waals surface area contributed by atoms with E-state index in [1.807, 2.05) is 26.3 Å². The van der Waals surface area contributed by atoms with Gasteiger partial charge in [0.25, 0.3) is 0 Å². The van der Waals surface area contributed by atoms with Crippen molar-refractivity contribution in [3.05, 3.63) is 61.7 Å². The number of aliphatic imine (C=N–C) groups is 1. The molecule has 0 aliphatic rings. The van der Waals surface area contributed by atoms with E-state index in [0.29, 0.717) is 5.56 Å². The molecule has 1 rings (SSSR count). The van der Waals surface area contributed by atoms with Crippen LogP contribution in [0.5, 0.6) is 5.75 Å². The maximum absolute atomic E-state index is 11.0. The van der Waals surface area contributed by atoms with E-state index in [4.69, 9.17) is 0 Å². The fraction of sp³-hybridized carbons (Fsp3) is 0.522. The molecule has 0 unspecified atom stereocenters. The predicted molar refractivity (Wildman–Crippen MR) is 125 cm³/mol. The van der Waals surface area contributed by atoms with Crippen molar-refractivity contribution < 1.29 is 10.0 Å². The molecule has 0 spiro atoms. The number of nitrogens with zero attached hydrogens (tertiary/aromatic N) is 2. The van der Waals surface area contributed by atoms with Crippen molar-refractivity contribution in [1.29, 1.82) is 0 Å². The van der Waals surface area contributed by atoms with Crippen molar-refractivity contribution in [2.75, 3.05) is 13.3 Å². The van der Waals surface area contributed by atoms with E-state index in [2.05, 4.69) is 52.6 Å². The van der Waals surface area contributed by atoms with Gasteiger partial charge in [0.2, 0.25) is 5.70 Å². The van der Waals surface area contributed by atoms with Crippen LogP contribution in [0.25, 0.3) is 0 Å². The van der Waals surface area contributed by atoms with Gasteiger partial charge in [0.1, 0.15) is 5.75 Å². The number of hydrogen-bond donors (Lipinski definition) is 1. The summed E-state index contributed by atoms with van der Waals surface area (Å²) in [5.41, 5.74) is 3.20. The normalized spacial score (nSPS) is 14.5. The van der Waals surface area contributed by atoms with Crippen LogP contribution >= 0.6 is 7.92 Å². The summed E-state index contributed by atoms with van der Waals surface area (Å²) in [6, 6.07) is 4.04. The largest absolute Gasteiger partial charge is 0.507 e. The highest BCUT2D eigenvalue weighted by molar-refractivity contribution is 7.60. The lowest BCUT2D eigenvalue weighted by Gasteiger charge is -2.27. The third kappa shape index (κ3) is 6.78. The molecule has 29 heavy (non-hydrogen) atoms. The molecule has 0 amide bonds. The topological polar surface area (TPSA) is 75.7 Å². The van der Waals surface area contributed by atoms with Gasteiger partial charge in [-0.15, -0.1) is 0 Å². The Morgan fingerprint density at radius 3 is 2.07 bits per heavy atom. The minimum absolute atomic E-state index is 0.0704. The van der Waals surface area contributed by atoms with E-state index in [1.165, 1.54) is 6.92 Å². The second-order valence-electron chi connectivity index (χ2n) is 9.63. The number of phenolic OH excluding ortho intramolecular Hbond substituents is 1. The van der Waals surface area contributed by atoms with Crippen molar-refractivity contribution in [3.8, 4) is 5.75 Å². The number of hydrogen-bond acceptors (Lipinski definition) is 4. The van der Waals surface area contributed by atoms with Crippen LogP contribution in [-0.4, -0.2) is 29.6 Å². The Balaban J connectivity index is 3.60. The summed E-state index contributed by atoms with van der Waals surface area (Å²) >= 11 is 0. The summed E-state index contributed by atoms with van der Waals surface area (Å²) in [6.07, 6.45) is 3.27. The number of allylic oxidation sites excluding steroid dienone is 4. The van der Waals surface area contributed by atoms with E-state index in [-0.39, 0.29) is 27.2 Å². The third-order valence-electron chi connectivity index (χ3n) is 4.70. The summed E-state index contributed by atoms with van der Waals surface area (Å²) in [4.78, 5) is 15.2. The van der Waals surface area contributed by atoms with E-state index in [9.17, 15) is 15.2 Å². The highest BCUT2D eigenvalue weighted by Gasteiger charge is 2.24. The zero-order valence-electron chi connectivity index (χ0n) is 19.4. The molecule has 0 radical (unpaired) electrons. The van der Waals surface area contributed by atoms with Crippen molar-refractivity contribution in [2.45, 2.75) is 66.2 Å². The molecular formula is C23H35N2O3P. The van der Waals surface area contributed by atoms with Crippen LogP contribution in [0.15, 0.2) is 39.9 Å². The molecule has 0 aliphatic carbocycles. The molecule has 0 heterocycles. The third-order valence-corrected chi connectivity index (χ3v) is 6.11. The molecular weight excluding hydrogens is 383 g/mol. The second-order valence-corrected chi connectivity index (χ2v) is 11.9. The molecule has 1 N–H and O–H groups in total. The highest BCUT2D eigenvalue weighted by atomic mass is 31.1. The molecule has 0 fully saturated rings. The lowest BCUT2D eigenvalue weighted by molar-refractivity contribution is -0.424. The molecule has 0 aliphatic heterocycles. The summed E-state index contributed by atoms with van der Waals surface area (Å²) in [7, 11) is -0.576. The number of aromatic hydroxyl groups is 1. The monoisotopic (exact) mass is 418 g/mol. The van der Waals surface area contributed by atoms with Gasteiger partial charge >= 0.3 is 0 Å². The minimum atomic E-state index is -0.576. The van der Waals surface area contributed by atoms with Crippen molar-refractivity contribution in [2.24, 2.45) is 4.99 Å². The van der Waals surface area contributed by atoms with Crippen LogP contribution in [0.2, 0.25) is 0 Å². The number of rotatable bonds is 5. The minimum Gasteiger partial charge on any atom is -0.507 e. The molecule has 0 saturated carbocycles. The Labute approximate surface area is 176 Å². The van der Waals surface area contributed by atoms with Crippen LogP contribution in [0.4, 0.5) is 0 Å². The smallest absolute Gasteiger partial charge is 0.243 e. The average molecular weight is 419 g/mol. The van der Waals surface area contributed by atoms with Crippen LogP contribution < -0.4 is 0 Å². The molecule has 6 heteroatoms. The SMILES string of the molecule is C/C(N=Cc1cc(C(C)(C)C)cc(C(C)(C)C)c1O)=C(\C=C(/C)[N+](=O)[O-])P(C)C. The van der Waals surface area contributed by atoms with Crippen molar-refractivity contribution >= 4 is 14.1 Å². The standard InChI is InChI=1S/C23H35N2O3P/c1-15(25(27)28)11-20(29(9)10)16(2)24-14-17-12-18(22(3,4)5)13-19(21(17)26)23(6,7)8/h11-14,26H,1-10H3/b15-11+,20-16-,24-14?. The average Bonchev–Trinajstić information content (AvgIpc) is 2.55. The van der Waals surface area contributed by atoms with Crippen LogP contribution in [-0.2, 0) is 10.8 Å². The Kier molecular flexibility index (Phi) is 7.95. The molecule has 1 aromatic carbocycles. The molecule has 0 saturated heterocycles. The Hall–Kier alpha value is -2.00. The fourth-order valence-corrected chi connectivity index (χ4v) is 3.95. The summed E-state index contributed by atoms with van der Waals surface area (Å²) in [5.74, 6) is 0.232. The van der Waals surface area contributed by atoms with E-state index in [0.717, 1.165) is 22.1 Å². The van der Waals surface area contributed by atoms with Gasteiger partial charge in [0.15, 0.2) is 0 Å². The number of nitro groups is 1. The van der Waals surface area contributed by atoms with Crippen LogP contribution in [0.1, 0.15) is 72.1 Å². The molecule has 0 atom stereocenters. The summed E-state index contributed by atoms with van der Waals surface area (Å²) in [5, 5.41) is 22.8. The molecule has 1 aromatic rings. The predicted octanol–water partition coefficient (Wildman–Crippen LogP) is 6.56. The first kappa shape index (κ1) is 25.0. The van der Waals surface area contributed by atoms with Crippen molar-refractivity contribution in [1.82, 2.24) is 0 Å². The van der Waals surface area contributed by atoms with Crippen LogP contribution in [0, 0.1) is 10.1 Å². The van der Waals surface area contributed by atoms with Gasteiger partial charge < -0.3 is 5.11 Å². The quantitative estimate of drug-likeness (QED) is 0.193. The maximum atomic E-state index is 11.0. The van der Waals surface area contributed by atoms with E-state index < -0.39 is 7.92 Å². The maximum Gasteiger partial charge on any atom is 0.243 e. The van der Waals surface area contributed by atoms with Gasteiger partial charge in [-0.2, -0.15) is 0 Å². The Morgan fingerprint density at radius 2 is 1.66 bits per heavy atom. The lowest BCUT2D eigenvalue weighted by atomic mass is 9.79. The lowest BCUT2D eigenvalue weighted by Crippen LogP contribution is -2.17. The molecule has 160 valence electrons.